The molecule has 1 atom stereocenters. The molecule has 5 nitrogen and oxygen atoms in total. The largest absolute Gasteiger partial charge is 0.486 e. The third-order valence-electron chi connectivity index (χ3n) is 3.98. The Balaban J connectivity index is 1.73. The summed E-state index contributed by atoms with van der Waals surface area (Å²) in [6, 6.07) is 11.3. The summed E-state index contributed by atoms with van der Waals surface area (Å²) in [6.45, 7) is 5.26. The van der Waals surface area contributed by atoms with Gasteiger partial charge in [-0.05, 0) is 41.8 Å². The molecule has 1 aliphatic heterocycles. The van der Waals surface area contributed by atoms with E-state index < -0.39 is 0 Å². The minimum absolute atomic E-state index is 0.114. The first-order valence-electron chi connectivity index (χ1n) is 8.42. The van der Waals surface area contributed by atoms with Gasteiger partial charge in [0.15, 0.2) is 11.5 Å². The van der Waals surface area contributed by atoms with Crippen molar-refractivity contribution in [3.8, 4) is 11.5 Å². The second kappa shape index (κ2) is 7.83. The maximum atomic E-state index is 12.3. The lowest BCUT2D eigenvalue weighted by molar-refractivity contribution is -0.117. The first-order valence-corrected chi connectivity index (χ1v) is 8.42. The van der Waals surface area contributed by atoms with Gasteiger partial charge in [-0.15, -0.1) is 0 Å². The first kappa shape index (κ1) is 17.0. The van der Waals surface area contributed by atoms with Gasteiger partial charge in [-0.3, -0.25) is 9.78 Å². The lowest BCUT2D eigenvalue weighted by atomic mass is 9.95. The van der Waals surface area contributed by atoms with E-state index in [9.17, 15) is 4.79 Å². The number of fused-ring (bicyclic) bond motifs is 1. The van der Waals surface area contributed by atoms with E-state index in [2.05, 4.69) is 24.1 Å². The fourth-order valence-electron chi connectivity index (χ4n) is 2.73. The predicted octanol–water partition coefficient (Wildman–Crippen LogP) is 3.38. The van der Waals surface area contributed by atoms with Gasteiger partial charge in [0.25, 0.3) is 0 Å². The number of hydrogen-bond acceptors (Lipinski definition) is 4. The van der Waals surface area contributed by atoms with E-state index in [1.807, 2.05) is 36.4 Å². The number of hydrogen-bond donors (Lipinski definition) is 1. The van der Waals surface area contributed by atoms with Crippen molar-refractivity contribution in [3.05, 3.63) is 59.9 Å². The quantitative estimate of drug-likeness (QED) is 0.849. The summed E-state index contributed by atoms with van der Waals surface area (Å²) in [4.78, 5) is 16.5. The van der Waals surface area contributed by atoms with E-state index in [4.69, 9.17) is 9.47 Å². The van der Waals surface area contributed by atoms with Crippen LogP contribution in [0.5, 0.6) is 11.5 Å². The van der Waals surface area contributed by atoms with E-state index in [1.165, 1.54) is 6.08 Å². The molecule has 0 bridgehead atoms. The highest BCUT2D eigenvalue weighted by atomic mass is 16.6. The van der Waals surface area contributed by atoms with Gasteiger partial charge >= 0.3 is 0 Å². The van der Waals surface area contributed by atoms with Gasteiger partial charge in [-0.1, -0.05) is 26.0 Å². The summed E-state index contributed by atoms with van der Waals surface area (Å²) in [6.07, 6.45) is 4.91. The van der Waals surface area contributed by atoms with Crippen molar-refractivity contribution in [2.45, 2.75) is 19.9 Å². The summed E-state index contributed by atoms with van der Waals surface area (Å²) >= 11 is 0. The summed E-state index contributed by atoms with van der Waals surface area (Å²) < 4.78 is 11.2. The monoisotopic (exact) mass is 338 g/mol. The van der Waals surface area contributed by atoms with Crippen molar-refractivity contribution in [2.24, 2.45) is 5.92 Å². The van der Waals surface area contributed by atoms with Gasteiger partial charge in [-0.2, -0.15) is 0 Å². The maximum absolute atomic E-state index is 12.3. The molecule has 0 saturated carbocycles. The fraction of sp³-hybridized carbons (Fsp3) is 0.300. The van der Waals surface area contributed by atoms with E-state index in [0.717, 1.165) is 22.8 Å². The van der Waals surface area contributed by atoms with Crippen LogP contribution in [0.25, 0.3) is 6.08 Å². The third-order valence-corrected chi connectivity index (χ3v) is 3.98. The Bertz CT molecular complexity index is 757. The highest BCUT2D eigenvalue weighted by Crippen LogP contribution is 2.34. The van der Waals surface area contributed by atoms with Gasteiger partial charge in [0.1, 0.15) is 13.2 Å². The van der Waals surface area contributed by atoms with E-state index in [1.54, 1.807) is 12.3 Å². The van der Waals surface area contributed by atoms with Crippen LogP contribution < -0.4 is 14.8 Å². The average Bonchev–Trinajstić information content (AvgIpc) is 2.64. The molecule has 1 amide bonds. The van der Waals surface area contributed by atoms with Crippen molar-refractivity contribution in [2.75, 3.05) is 13.2 Å². The normalized spacial score (nSPS) is 14.5. The highest BCUT2D eigenvalue weighted by Gasteiger charge is 2.20. The Kier molecular flexibility index (Phi) is 5.33. The van der Waals surface area contributed by atoms with Crippen molar-refractivity contribution >= 4 is 12.0 Å². The molecular formula is C20H22N2O3. The number of nitrogens with zero attached hydrogens (tertiary/aromatic N) is 1. The van der Waals surface area contributed by atoms with E-state index >= 15 is 0 Å². The maximum Gasteiger partial charge on any atom is 0.244 e. The van der Waals surface area contributed by atoms with Crippen LogP contribution in [0.3, 0.4) is 0 Å². The summed E-state index contributed by atoms with van der Waals surface area (Å²) in [5.74, 6) is 1.56. The zero-order valence-corrected chi connectivity index (χ0v) is 14.4. The van der Waals surface area contributed by atoms with Crippen LogP contribution in [-0.4, -0.2) is 24.1 Å². The number of nitrogens with one attached hydrogen (secondary N) is 1. The summed E-state index contributed by atoms with van der Waals surface area (Å²) in [7, 11) is 0. The smallest absolute Gasteiger partial charge is 0.244 e. The zero-order chi connectivity index (χ0) is 17.6. The van der Waals surface area contributed by atoms with Crippen molar-refractivity contribution < 1.29 is 14.3 Å². The fourth-order valence-corrected chi connectivity index (χ4v) is 2.73. The third kappa shape index (κ3) is 4.38. The van der Waals surface area contributed by atoms with E-state index in [-0.39, 0.29) is 17.9 Å². The molecule has 1 N–H and O–H groups in total. The number of pyridine rings is 1. The second-order valence-corrected chi connectivity index (χ2v) is 6.22. The Morgan fingerprint density at radius 2 is 1.96 bits per heavy atom. The number of aromatic nitrogens is 1. The molecule has 0 fully saturated rings. The van der Waals surface area contributed by atoms with Gasteiger partial charge in [0.05, 0.1) is 11.7 Å². The molecule has 1 aliphatic rings. The van der Waals surface area contributed by atoms with Gasteiger partial charge in [0.2, 0.25) is 5.91 Å². The van der Waals surface area contributed by atoms with Crippen LogP contribution >= 0.6 is 0 Å². The lowest BCUT2D eigenvalue weighted by Gasteiger charge is -2.25. The molecule has 0 radical (unpaired) electrons. The Morgan fingerprint density at radius 1 is 1.16 bits per heavy atom. The van der Waals surface area contributed by atoms with E-state index in [0.29, 0.717) is 13.2 Å². The summed E-state index contributed by atoms with van der Waals surface area (Å²) in [5.41, 5.74) is 1.75. The molecule has 3 rings (SSSR count). The minimum atomic E-state index is -0.153. The van der Waals surface area contributed by atoms with Crippen LogP contribution in [0.4, 0.5) is 0 Å². The van der Waals surface area contributed by atoms with Crippen LogP contribution in [0, 0.1) is 5.92 Å². The highest BCUT2D eigenvalue weighted by molar-refractivity contribution is 5.91. The molecule has 0 aliphatic carbocycles. The van der Waals surface area contributed by atoms with Crippen LogP contribution in [0.2, 0.25) is 0 Å². The van der Waals surface area contributed by atoms with Gasteiger partial charge in [-0.25, -0.2) is 0 Å². The minimum Gasteiger partial charge on any atom is -0.486 e. The Labute approximate surface area is 147 Å². The summed E-state index contributed by atoms with van der Waals surface area (Å²) in [5, 5.41) is 3.06. The Morgan fingerprint density at radius 3 is 2.68 bits per heavy atom. The standard InChI is InChI=1S/C20H22N2O3/c1-14(2)20(15-6-8-17-18(13-15)25-12-11-24-17)22-19(23)9-7-16-5-3-4-10-21-16/h3-10,13-14,20H,11-12H2,1-2H3,(H,22,23). The van der Waals surface area contributed by atoms with Crippen molar-refractivity contribution in [1.82, 2.24) is 10.3 Å². The molecule has 25 heavy (non-hydrogen) atoms. The molecule has 1 unspecified atom stereocenters. The number of ether oxygens (including phenoxy) is 2. The molecule has 1 aromatic heterocycles. The predicted molar refractivity (Wildman–Crippen MR) is 96.4 cm³/mol. The number of rotatable bonds is 5. The van der Waals surface area contributed by atoms with Gasteiger partial charge in [0, 0.05) is 12.3 Å². The first-order chi connectivity index (χ1) is 12.1. The molecule has 130 valence electrons. The van der Waals surface area contributed by atoms with Crippen molar-refractivity contribution in [3.63, 3.8) is 0 Å². The molecule has 0 saturated heterocycles. The molecule has 1 aromatic carbocycles. The lowest BCUT2D eigenvalue weighted by Crippen LogP contribution is -2.30. The van der Waals surface area contributed by atoms with Crippen LogP contribution in [0.1, 0.15) is 31.1 Å². The van der Waals surface area contributed by atoms with Crippen molar-refractivity contribution in [1.29, 1.82) is 0 Å². The zero-order valence-electron chi connectivity index (χ0n) is 14.4. The SMILES string of the molecule is CC(C)C(NC(=O)C=Cc1ccccn1)c1ccc2c(c1)OCCO2. The molecule has 0 spiro atoms. The average molecular weight is 338 g/mol. The molecular weight excluding hydrogens is 316 g/mol. The van der Waals surface area contributed by atoms with Gasteiger partial charge < -0.3 is 14.8 Å². The molecule has 5 heteroatoms. The number of amides is 1. The molecule has 2 heterocycles. The Hall–Kier alpha value is -2.82. The molecule has 2 aromatic rings. The van der Waals surface area contributed by atoms with Crippen LogP contribution in [0.15, 0.2) is 48.7 Å². The topological polar surface area (TPSA) is 60.5 Å². The van der Waals surface area contributed by atoms with Crippen LogP contribution in [-0.2, 0) is 4.79 Å². The number of carbonyl (C=O) groups excluding carboxylic acids is 1. The second-order valence-electron chi connectivity index (χ2n) is 6.22. The number of carbonyl (C=O) groups is 1. The number of benzene rings is 1.